The molecule has 1 aromatic heterocycles. The van der Waals surface area contributed by atoms with Crippen LogP contribution in [0.3, 0.4) is 0 Å². The van der Waals surface area contributed by atoms with Crippen LogP contribution in [0.25, 0.3) is 0 Å². The molecule has 1 fully saturated rings. The Morgan fingerprint density at radius 2 is 2.06 bits per heavy atom. The van der Waals surface area contributed by atoms with E-state index in [2.05, 4.69) is 13.0 Å². The predicted octanol–water partition coefficient (Wildman–Crippen LogP) is 5.21. The van der Waals surface area contributed by atoms with Crippen molar-refractivity contribution in [2.24, 2.45) is 5.92 Å². The Bertz CT molecular complexity index is 972. The number of carbonyl (C=O) groups is 2. The van der Waals surface area contributed by atoms with Gasteiger partial charge in [-0.2, -0.15) is 0 Å². The van der Waals surface area contributed by atoms with Gasteiger partial charge < -0.3 is 14.5 Å². The van der Waals surface area contributed by atoms with E-state index in [0.29, 0.717) is 12.3 Å². The van der Waals surface area contributed by atoms with Gasteiger partial charge in [-0.05, 0) is 61.7 Å². The van der Waals surface area contributed by atoms with Gasteiger partial charge in [0.2, 0.25) is 11.8 Å². The lowest BCUT2D eigenvalue weighted by molar-refractivity contribution is -0.146. The highest BCUT2D eigenvalue weighted by atomic mass is 32.1. The van der Waals surface area contributed by atoms with E-state index in [1.54, 1.807) is 28.4 Å². The van der Waals surface area contributed by atoms with E-state index in [9.17, 15) is 14.0 Å². The monoisotopic (exact) mass is 472 g/mol. The van der Waals surface area contributed by atoms with E-state index in [4.69, 9.17) is 4.74 Å². The van der Waals surface area contributed by atoms with Crippen LogP contribution in [0.4, 0.5) is 4.39 Å². The minimum absolute atomic E-state index is 0.0190. The van der Waals surface area contributed by atoms with Gasteiger partial charge in [-0.3, -0.25) is 9.59 Å². The van der Waals surface area contributed by atoms with Gasteiger partial charge in [-0.15, -0.1) is 11.3 Å². The molecule has 2 heterocycles. The first-order valence-corrected chi connectivity index (χ1v) is 12.9. The first kappa shape index (κ1) is 23.7. The normalized spacial score (nSPS) is 19.2. The zero-order valence-corrected chi connectivity index (χ0v) is 20.3. The standard InChI is InChI=1S/C26H33FN2O3S/c1-3-18(2)29(26(31)19-7-4-5-8-19)16-25(30)28-13-11-24-22(12-14-33-24)23(28)17-32-21-10-6-9-20(27)15-21/h6,9-10,12,14-15,18-19,23H,3-5,7-8,11,13,16-17H2,1-2H3/t18-,23-/m0/s1. The van der Waals surface area contributed by atoms with Gasteiger partial charge >= 0.3 is 0 Å². The van der Waals surface area contributed by atoms with Gasteiger partial charge in [-0.1, -0.05) is 25.8 Å². The molecular formula is C26H33FN2O3S. The molecule has 0 unspecified atom stereocenters. The summed E-state index contributed by atoms with van der Waals surface area (Å²) >= 11 is 1.69. The van der Waals surface area contributed by atoms with Gasteiger partial charge in [0.15, 0.2) is 0 Å². The molecule has 0 radical (unpaired) electrons. The molecule has 0 spiro atoms. The maximum absolute atomic E-state index is 13.6. The van der Waals surface area contributed by atoms with Crippen molar-refractivity contribution in [3.63, 3.8) is 0 Å². The van der Waals surface area contributed by atoms with Crippen molar-refractivity contribution in [3.05, 3.63) is 52.0 Å². The number of halogens is 1. The fourth-order valence-corrected chi connectivity index (χ4v) is 5.85. The molecule has 2 aliphatic rings. The van der Waals surface area contributed by atoms with Crippen molar-refractivity contribution < 1.29 is 18.7 Å². The summed E-state index contributed by atoms with van der Waals surface area (Å²) in [4.78, 5) is 31.7. The Morgan fingerprint density at radius 1 is 1.27 bits per heavy atom. The molecule has 4 rings (SSSR count). The highest BCUT2D eigenvalue weighted by Gasteiger charge is 2.36. The van der Waals surface area contributed by atoms with Crippen LogP contribution in [0.2, 0.25) is 0 Å². The number of nitrogens with zero attached hydrogens (tertiary/aromatic N) is 2. The maximum atomic E-state index is 13.6. The quantitative estimate of drug-likeness (QED) is 0.530. The molecule has 33 heavy (non-hydrogen) atoms. The molecule has 5 nitrogen and oxygen atoms in total. The molecule has 1 saturated carbocycles. The molecule has 178 valence electrons. The molecule has 2 atom stereocenters. The van der Waals surface area contributed by atoms with Crippen molar-refractivity contribution in [2.75, 3.05) is 19.7 Å². The molecule has 0 bridgehead atoms. The van der Waals surface area contributed by atoms with E-state index >= 15 is 0 Å². The third-order valence-electron chi connectivity index (χ3n) is 7.04. The molecule has 2 amide bonds. The highest BCUT2D eigenvalue weighted by molar-refractivity contribution is 7.10. The topological polar surface area (TPSA) is 49.9 Å². The number of ether oxygens (including phenoxy) is 1. The van der Waals surface area contributed by atoms with Crippen LogP contribution in [0, 0.1) is 11.7 Å². The molecule has 7 heteroatoms. The van der Waals surface area contributed by atoms with E-state index in [1.807, 2.05) is 17.2 Å². The van der Waals surface area contributed by atoms with Gasteiger partial charge in [0.05, 0.1) is 6.04 Å². The van der Waals surface area contributed by atoms with Gasteiger partial charge in [0, 0.05) is 29.4 Å². The minimum Gasteiger partial charge on any atom is -0.491 e. The summed E-state index contributed by atoms with van der Waals surface area (Å²) in [7, 11) is 0. The number of fused-ring (bicyclic) bond motifs is 1. The van der Waals surface area contributed by atoms with Crippen molar-refractivity contribution in [1.29, 1.82) is 0 Å². The van der Waals surface area contributed by atoms with E-state index in [0.717, 1.165) is 44.1 Å². The molecular weight excluding hydrogens is 439 g/mol. The Labute approximate surface area is 199 Å². The fraction of sp³-hybridized carbons (Fsp3) is 0.538. The van der Waals surface area contributed by atoms with Crippen LogP contribution < -0.4 is 4.74 Å². The van der Waals surface area contributed by atoms with E-state index in [1.165, 1.54) is 17.0 Å². The summed E-state index contributed by atoms with van der Waals surface area (Å²) in [6.45, 7) is 5.02. The Kier molecular flexibility index (Phi) is 7.68. The lowest BCUT2D eigenvalue weighted by Gasteiger charge is -2.38. The van der Waals surface area contributed by atoms with Crippen molar-refractivity contribution in [2.45, 2.75) is 64.5 Å². The molecule has 0 saturated heterocycles. The number of hydrogen-bond donors (Lipinski definition) is 0. The first-order valence-electron chi connectivity index (χ1n) is 12.0. The largest absolute Gasteiger partial charge is 0.491 e. The van der Waals surface area contributed by atoms with Crippen LogP contribution in [-0.2, 0) is 16.0 Å². The van der Waals surface area contributed by atoms with Gasteiger partial charge in [0.25, 0.3) is 0 Å². The van der Waals surface area contributed by atoms with Crippen LogP contribution >= 0.6 is 11.3 Å². The average Bonchev–Trinajstić information content (AvgIpc) is 3.52. The zero-order chi connectivity index (χ0) is 23.4. The second-order valence-electron chi connectivity index (χ2n) is 9.13. The SMILES string of the molecule is CC[C@H](C)N(CC(=O)N1CCc2sccc2[C@@H]1COc1cccc(F)c1)C(=O)C1CCCC1. The molecule has 1 aromatic carbocycles. The molecule has 0 N–H and O–H groups in total. The summed E-state index contributed by atoms with van der Waals surface area (Å²) in [6.07, 6.45) is 5.64. The highest BCUT2D eigenvalue weighted by Crippen LogP contribution is 2.34. The third-order valence-corrected chi connectivity index (χ3v) is 8.03. The Balaban J connectivity index is 1.51. The summed E-state index contributed by atoms with van der Waals surface area (Å²) in [5, 5.41) is 2.04. The van der Waals surface area contributed by atoms with Crippen molar-refractivity contribution in [1.82, 2.24) is 9.80 Å². The average molecular weight is 473 g/mol. The van der Waals surface area contributed by atoms with Crippen molar-refractivity contribution >= 4 is 23.2 Å². The zero-order valence-electron chi connectivity index (χ0n) is 19.5. The Hall–Kier alpha value is -2.41. The maximum Gasteiger partial charge on any atom is 0.242 e. The third kappa shape index (κ3) is 5.40. The second-order valence-corrected chi connectivity index (χ2v) is 10.1. The van der Waals surface area contributed by atoms with Crippen LogP contribution in [-0.4, -0.2) is 47.4 Å². The van der Waals surface area contributed by atoms with E-state index in [-0.39, 0.29) is 48.8 Å². The smallest absolute Gasteiger partial charge is 0.242 e. The summed E-state index contributed by atoms with van der Waals surface area (Å²) < 4.78 is 19.5. The Morgan fingerprint density at radius 3 is 2.79 bits per heavy atom. The van der Waals surface area contributed by atoms with Gasteiger partial charge in [-0.25, -0.2) is 4.39 Å². The lowest BCUT2D eigenvalue weighted by atomic mass is 10.00. The lowest BCUT2D eigenvalue weighted by Crippen LogP contribution is -2.51. The van der Waals surface area contributed by atoms with Crippen molar-refractivity contribution in [3.8, 4) is 5.75 Å². The summed E-state index contributed by atoms with van der Waals surface area (Å²) in [5.41, 5.74) is 1.09. The molecule has 1 aliphatic carbocycles. The van der Waals surface area contributed by atoms with Crippen LogP contribution in [0.1, 0.15) is 62.4 Å². The number of hydrogen-bond acceptors (Lipinski definition) is 4. The molecule has 2 aromatic rings. The second kappa shape index (κ2) is 10.7. The number of amides is 2. The molecule has 1 aliphatic heterocycles. The van der Waals surface area contributed by atoms with E-state index < -0.39 is 0 Å². The number of carbonyl (C=O) groups excluding carboxylic acids is 2. The first-order chi connectivity index (χ1) is 16.0. The number of benzene rings is 1. The minimum atomic E-state index is -0.352. The predicted molar refractivity (Wildman–Crippen MR) is 128 cm³/mol. The number of thiophene rings is 1. The summed E-state index contributed by atoms with van der Waals surface area (Å²) in [5.74, 6) is 0.211. The van der Waals surface area contributed by atoms with Crippen LogP contribution in [0.5, 0.6) is 5.75 Å². The number of rotatable bonds is 8. The van der Waals surface area contributed by atoms with Gasteiger partial charge in [0.1, 0.15) is 24.7 Å². The summed E-state index contributed by atoms with van der Waals surface area (Å²) in [6, 6.07) is 7.89. The fourth-order valence-electron chi connectivity index (χ4n) is 4.92. The van der Waals surface area contributed by atoms with Crippen LogP contribution in [0.15, 0.2) is 35.7 Å².